The lowest BCUT2D eigenvalue weighted by Crippen LogP contribution is -2.50. The van der Waals surface area contributed by atoms with E-state index >= 15 is 0 Å². The summed E-state index contributed by atoms with van der Waals surface area (Å²) in [5.74, 6) is 0.588. The van der Waals surface area contributed by atoms with Gasteiger partial charge in [-0.05, 0) is 25.2 Å². The molecule has 1 atom stereocenters. The van der Waals surface area contributed by atoms with Gasteiger partial charge in [0.25, 0.3) is 10.2 Å². The summed E-state index contributed by atoms with van der Waals surface area (Å²) < 4.78 is 33.6. The lowest BCUT2D eigenvalue weighted by Gasteiger charge is -2.33. The van der Waals surface area contributed by atoms with Gasteiger partial charge < -0.3 is 9.84 Å². The average Bonchev–Trinajstić information content (AvgIpc) is 2.42. The molecule has 0 aromatic heterocycles. The minimum atomic E-state index is -3.50. The van der Waals surface area contributed by atoms with Crippen molar-refractivity contribution in [3.05, 3.63) is 0 Å². The van der Waals surface area contributed by atoms with Gasteiger partial charge in [0.2, 0.25) is 0 Å². The van der Waals surface area contributed by atoms with Crippen molar-refractivity contribution < 1.29 is 18.3 Å². The van der Waals surface area contributed by atoms with Crippen LogP contribution >= 0.6 is 0 Å². The third-order valence-corrected chi connectivity index (χ3v) is 5.13. The van der Waals surface area contributed by atoms with Gasteiger partial charge in [0, 0.05) is 25.7 Å². The van der Waals surface area contributed by atoms with Gasteiger partial charge in [0.1, 0.15) is 0 Å². The van der Waals surface area contributed by atoms with Crippen LogP contribution in [0.4, 0.5) is 0 Å². The summed E-state index contributed by atoms with van der Waals surface area (Å²) in [4.78, 5) is 0. The van der Waals surface area contributed by atoms with Crippen LogP contribution < -0.4 is 4.72 Å². The fourth-order valence-corrected chi connectivity index (χ4v) is 3.66. The molecule has 1 heterocycles. The zero-order valence-electron chi connectivity index (χ0n) is 12.5. The Hall–Kier alpha value is -0.210. The molecule has 0 aromatic rings. The van der Waals surface area contributed by atoms with Crippen molar-refractivity contribution in [3.8, 4) is 0 Å². The number of aliphatic hydroxyl groups is 1. The average molecular weight is 308 g/mol. The third-order valence-electron chi connectivity index (χ3n) is 3.46. The first-order valence-electron chi connectivity index (χ1n) is 7.42. The summed E-state index contributed by atoms with van der Waals surface area (Å²) >= 11 is 0. The van der Waals surface area contributed by atoms with Crippen LogP contribution in [0.5, 0.6) is 0 Å². The van der Waals surface area contributed by atoms with Gasteiger partial charge in [-0.1, -0.05) is 20.3 Å². The molecule has 0 spiro atoms. The Morgan fingerprint density at radius 2 is 2.10 bits per heavy atom. The SMILES string of the molecule is CC(C)CCOCCNS(=O)(=O)N1CCCCC1CO. The maximum absolute atomic E-state index is 12.1. The maximum atomic E-state index is 12.1. The van der Waals surface area contributed by atoms with E-state index in [-0.39, 0.29) is 19.2 Å². The second kappa shape index (κ2) is 8.94. The summed E-state index contributed by atoms with van der Waals surface area (Å²) in [6, 6.07) is -0.289. The van der Waals surface area contributed by atoms with Crippen LogP contribution in [0.25, 0.3) is 0 Å². The van der Waals surface area contributed by atoms with Crippen molar-refractivity contribution >= 4 is 10.2 Å². The molecule has 1 aliphatic heterocycles. The number of hydrogen-bond acceptors (Lipinski definition) is 4. The topological polar surface area (TPSA) is 78.9 Å². The smallest absolute Gasteiger partial charge is 0.279 e. The highest BCUT2D eigenvalue weighted by Gasteiger charge is 2.31. The number of rotatable bonds is 9. The molecule has 0 aromatic carbocycles. The Morgan fingerprint density at radius 1 is 1.35 bits per heavy atom. The van der Waals surface area contributed by atoms with Crippen LogP contribution in [0.1, 0.15) is 39.5 Å². The summed E-state index contributed by atoms with van der Waals surface area (Å²) in [6.45, 7) is 5.91. The highest BCUT2D eigenvalue weighted by atomic mass is 32.2. The van der Waals surface area contributed by atoms with Crippen LogP contribution in [0.3, 0.4) is 0 Å². The molecular weight excluding hydrogens is 280 g/mol. The highest BCUT2D eigenvalue weighted by Crippen LogP contribution is 2.19. The first kappa shape index (κ1) is 17.8. The standard InChI is InChI=1S/C13H28N2O4S/c1-12(2)6-9-19-10-7-14-20(17,18)15-8-4-3-5-13(15)11-16/h12-14,16H,3-11H2,1-2H3. The predicted molar refractivity (Wildman–Crippen MR) is 78.6 cm³/mol. The highest BCUT2D eigenvalue weighted by molar-refractivity contribution is 7.87. The predicted octanol–water partition coefficient (Wildman–Crippen LogP) is 0.730. The fourth-order valence-electron chi connectivity index (χ4n) is 2.22. The van der Waals surface area contributed by atoms with Crippen molar-refractivity contribution in [3.63, 3.8) is 0 Å². The molecule has 120 valence electrons. The second-order valence-electron chi connectivity index (χ2n) is 5.64. The molecule has 2 N–H and O–H groups in total. The van der Waals surface area contributed by atoms with Gasteiger partial charge >= 0.3 is 0 Å². The Morgan fingerprint density at radius 3 is 2.75 bits per heavy atom. The zero-order valence-corrected chi connectivity index (χ0v) is 13.4. The molecule has 1 unspecified atom stereocenters. The van der Waals surface area contributed by atoms with Crippen LogP contribution in [0.15, 0.2) is 0 Å². The summed E-state index contributed by atoms with van der Waals surface area (Å²) in [5, 5.41) is 9.26. The number of nitrogens with zero attached hydrogens (tertiary/aromatic N) is 1. The molecule has 1 aliphatic rings. The molecule has 1 fully saturated rings. The van der Waals surface area contributed by atoms with Crippen LogP contribution in [-0.4, -0.2) is 56.8 Å². The monoisotopic (exact) mass is 308 g/mol. The van der Waals surface area contributed by atoms with Crippen LogP contribution in [0.2, 0.25) is 0 Å². The first-order valence-corrected chi connectivity index (χ1v) is 8.86. The van der Waals surface area contributed by atoms with Gasteiger partial charge in [0.15, 0.2) is 0 Å². The van der Waals surface area contributed by atoms with E-state index < -0.39 is 10.2 Å². The van der Waals surface area contributed by atoms with E-state index in [4.69, 9.17) is 4.74 Å². The molecule has 0 radical (unpaired) electrons. The van der Waals surface area contributed by atoms with E-state index in [0.717, 1.165) is 25.7 Å². The lowest BCUT2D eigenvalue weighted by atomic mass is 10.1. The summed E-state index contributed by atoms with van der Waals surface area (Å²) in [7, 11) is -3.50. The van der Waals surface area contributed by atoms with Crippen molar-refractivity contribution in [1.82, 2.24) is 9.03 Å². The lowest BCUT2D eigenvalue weighted by molar-refractivity contribution is 0.126. The molecule has 0 bridgehead atoms. The van der Waals surface area contributed by atoms with Gasteiger partial charge in [-0.15, -0.1) is 0 Å². The molecule has 7 heteroatoms. The zero-order chi connectivity index (χ0) is 15.0. The molecule has 0 saturated carbocycles. The molecule has 1 saturated heterocycles. The van der Waals surface area contributed by atoms with Crippen molar-refractivity contribution in [2.24, 2.45) is 5.92 Å². The third kappa shape index (κ3) is 6.05. The maximum Gasteiger partial charge on any atom is 0.279 e. The Labute approximate surface area is 122 Å². The largest absolute Gasteiger partial charge is 0.395 e. The molecule has 6 nitrogen and oxygen atoms in total. The Bertz CT molecular complexity index is 359. The minimum Gasteiger partial charge on any atom is -0.395 e. The van der Waals surface area contributed by atoms with Gasteiger partial charge in [-0.2, -0.15) is 17.4 Å². The number of aliphatic hydroxyl groups excluding tert-OH is 1. The van der Waals surface area contributed by atoms with Crippen LogP contribution in [-0.2, 0) is 14.9 Å². The van der Waals surface area contributed by atoms with Crippen molar-refractivity contribution in [1.29, 1.82) is 0 Å². The number of ether oxygens (including phenoxy) is 1. The second-order valence-corrected chi connectivity index (χ2v) is 7.34. The van der Waals surface area contributed by atoms with Crippen molar-refractivity contribution in [2.45, 2.75) is 45.6 Å². The Kier molecular flexibility index (Phi) is 7.98. The number of piperidine rings is 1. The van der Waals surface area contributed by atoms with Crippen molar-refractivity contribution in [2.75, 3.05) is 32.9 Å². The van der Waals surface area contributed by atoms with E-state index in [1.54, 1.807) is 0 Å². The van der Waals surface area contributed by atoms with E-state index in [1.165, 1.54) is 4.31 Å². The summed E-state index contributed by atoms with van der Waals surface area (Å²) in [5.41, 5.74) is 0. The van der Waals surface area contributed by atoms with E-state index in [1.807, 2.05) is 0 Å². The van der Waals surface area contributed by atoms with E-state index in [9.17, 15) is 13.5 Å². The number of nitrogens with one attached hydrogen (secondary N) is 1. The summed E-state index contributed by atoms with van der Waals surface area (Å²) in [6.07, 6.45) is 3.52. The Balaban J connectivity index is 2.30. The van der Waals surface area contributed by atoms with E-state index in [2.05, 4.69) is 18.6 Å². The van der Waals surface area contributed by atoms with E-state index in [0.29, 0.717) is 25.7 Å². The fraction of sp³-hybridized carbons (Fsp3) is 1.00. The minimum absolute atomic E-state index is 0.119. The molecular formula is C13H28N2O4S. The van der Waals surface area contributed by atoms with Gasteiger partial charge in [-0.25, -0.2) is 0 Å². The molecule has 0 amide bonds. The normalized spacial score (nSPS) is 21.5. The molecule has 1 rings (SSSR count). The first-order chi connectivity index (χ1) is 9.47. The molecule has 0 aliphatic carbocycles. The number of hydrogen-bond donors (Lipinski definition) is 2. The van der Waals surface area contributed by atoms with Gasteiger partial charge in [-0.3, -0.25) is 0 Å². The quantitative estimate of drug-likeness (QED) is 0.616. The molecule has 20 heavy (non-hydrogen) atoms. The van der Waals surface area contributed by atoms with Crippen LogP contribution in [0, 0.1) is 5.92 Å². The van der Waals surface area contributed by atoms with Gasteiger partial charge in [0.05, 0.1) is 13.2 Å².